The Bertz CT molecular complexity index is 955. The first-order valence-corrected chi connectivity index (χ1v) is 11.1. The number of likely N-dealkylation sites (N-methyl/N-ethyl adjacent to an activating group) is 1. The Morgan fingerprint density at radius 1 is 1.00 bits per heavy atom. The van der Waals surface area contributed by atoms with E-state index in [2.05, 4.69) is 15.5 Å². The van der Waals surface area contributed by atoms with E-state index >= 15 is 0 Å². The minimum absolute atomic E-state index is 0.167. The van der Waals surface area contributed by atoms with Crippen molar-refractivity contribution in [2.45, 2.75) is 11.3 Å². The van der Waals surface area contributed by atoms with Crippen LogP contribution in [0.5, 0.6) is 0 Å². The van der Waals surface area contributed by atoms with Crippen LogP contribution in [0.25, 0.3) is 0 Å². The van der Waals surface area contributed by atoms with Crippen LogP contribution in [0, 0.1) is 0 Å². The van der Waals surface area contributed by atoms with Gasteiger partial charge in [0.1, 0.15) is 0 Å². The molecule has 1 amide bonds. The third-order valence-electron chi connectivity index (χ3n) is 4.67. The molecule has 154 valence electrons. The van der Waals surface area contributed by atoms with E-state index in [1.807, 2.05) is 37.4 Å². The molecule has 0 atom stereocenters. The molecule has 0 unspecified atom stereocenters. The molecule has 3 rings (SSSR count). The highest BCUT2D eigenvalue weighted by Gasteiger charge is 2.27. The summed E-state index contributed by atoms with van der Waals surface area (Å²) in [6.07, 6.45) is 0.227. The van der Waals surface area contributed by atoms with Gasteiger partial charge in [-0.1, -0.05) is 30.3 Å². The van der Waals surface area contributed by atoms with Gasteiger partial charge in [-0.15, -0.1) is 0 Å². The lowest BCUT2D eigenvalue weighted by molar-refractivity contribution is -0.119. The first-order chi connectivity index (χ1) is 13.8. The zero-order valence-corrected chi connectivity index (χ0v) is 17.8. The molecular formula is C20H24N4O3S2. The molecule has 0 aromatic heterocycles. The Hall–Kier alpha value is -2.33. The van der Waals surface area contributed by atoms with E-state index in [1.165, 1.54) is 4.31 Å². The monoisotopic (exact) mass is 432 g/mol. The quantitative estimate of drug-likeness (QED) is 0.700. The predicted octanol–water partition coefficient (Wildman–Crippen LogP) is 1.68. The van der Waals surface area contributed by atoms with Crippen molar-refractivity contribution in [2.75, 3.05) is 38.5 Å². The number of thiocarbonyl (C=S) groups is 1. The lowest BCUT2D eigenvalue weighted by atomic mass is 10.1. The summed E-state index contributed by atoms with van der Waals surface area (Å²) in [5, 5.41) is 5.70. The molecule has 0 radical (unpaired) electrons. The summed E-state index contributed by atoms with van der Waals surface area (Å²) in [6.45, 7) is 2.40. The largest absolute Gasteiger partial charge is 0.332 e. The topological polar surface area (TPSA) is 81.8 Å². The second kappa shape index (κ2) is 9.45. The number of sulfonamides is 1. The molecule has 0 aliphatic carbocycles. The maximum atomic E-state index is 12.8. The maximum Gasteiger partial charge on any atom is 0.243 e. The zero-order valence-electron chi connectivity index (χ0n) is 16.2. The first kappa shape index (κ1) is 21.4. The molecule has 0 saturated carbocycles. The van der Waals surface area contributed by atoms with Gasteiger partial charge in [0.15, 0.2) is 5.11 Å². The van der Waals surface area contributed by atoms with Gasteiger partial charge < -0.3 is 15.5 Å². The molecule has 0 bridgehead atoms. The Labute approximate surface area is 176 Å². The summed E-state index contributed by atoms with van der Waals surface area (Å²) in [5.41, 5.74) is 1.50. The highest BCUT2D eigenvalue weighted by molar-refractivity contribution is 7.89. The van der Waals surface area contributed by atoms with Gasteiger partial charge in [0.2, 0.25) is 15.9 Å². The number of nitrogens with one attached hydrogen (secondary N) is 2. The van der Waals surface area contributed by atoms with Gasteiger partial charge in [0.05, 0.1) is 11.3 Å². The predicted molar refractivity (Wildman–Crippen MR) is 117 cm³/mol. The number of hydrogen-bond acceptors (Lipinski definition) is 5. The summed E-state index contributed by atoms with van der Waals surface area (Å²) in [6, 6.07) is 15.7. The Balaban J connectivity index is 1.56. The maximum absolute atomic E-state index is 12.8. The number of carbonyl (C=O) groups is 1. The van der Waals surface area contributed by atoms with E-state index in [4.69, 9.17) is 12.2 Å². The molecule has 0 spiro atoms. The molecule has 1 aliphatic rings. The molecule has 1 saturated heterocycles. The number of anilines is 1. The summed E-state index contributed by atoms with van der Waals surface area (Å²) in [7, 11) is -1.53. The van der Waals surface area contributed by atoms with Crippen molar-refractivity contribution in [1.82, 2.24) is 14.5 Å². The summed E-state index contributed by atoms with van der Waals surface area (Å²) in [5.74, 6) is -0.219. The van der Waals surface area contributed by atoms with Crippen molar-refractivity contribution in [3.05, 3.63) is 60.2 Å². The molecule has 7 nitrogen and oxygen atoms in total. The highest BCUT2D eigenvalue weighted by Crippen LogP contribution is 2.19. The summed E-state index contributed by atoms with van der Waals surface area (Å²) < 4.78 is 27.0. The van der Waals surface area contributed by atoms with Crippen molar-refractivity contribution in [2.24, 2.45) is 0 Å². The minimum atomic E-state index is -3.51. The Morgan fingerprint density at radius 3 is 2.24 bits per heavy atom. The normalized spacial score (nSPS) is 15.6. The smallest absolute Gasteiger partial charge is 0.243 e. The number of hydrogen-bond donors (Lipinski definition) is 2. The van der Waals surface area contributed by atoms with Gasteiger partial charge in [0.25, 0.3) is 0 Å². The van der Waals surface area contributed by atoms with Crippen LogP contribution in [0.1, 0.15) is 5.56 Å². The molecule has 2 aromatic rings. The Kier molecular flexibility index (Phi) is 6.96. The Morgan fingerprint density at radius 2 is 1.62 bits per heavy atom. The zero-order chi connectivity index (χ0) is 20.9. The molecule has 9 heteroatoms. The van der Waals surface area contributed by atoms with E-state index in [9.17, 15) is 13.2 Å². The van der Waals surface area contributed by atoms with Crippen LogP contribution in [0.15, 0.2) is 59.5 Å². The lowest BCUT2D eigenvalue weighted by Crippen LogP contribution is -2.46. The highest BCUT2D eigenvalue weighted by atomic mass is 32.2. The van der Waals surface area contributed by atoms with E-state index in [-0.39, 0.29) is 22.3 Å². The van der Waals surface area contributed by atoms with Gasteiger partial charge in [-0.3, -0.25) is 4.79 Å². The average molecular weight is 433 g/mol. The van der Waals surface area contributed by atoms with Crippen LogP contribution >= 0.6 is 12.2 Å². The third-order valence-corrected chi connectivity index (χ3v) is 6.79. The van der Waals surface area contributed by atoms with Crippen molar-refractivity contribution < 1.29 is 13.2 Å². The summed E-state index contributed by atoms with van der Waals surface area (Å²) in [4.78, 5) is 14.4. The lowest BCUT2D eigenvalue weighted by Gasteiger charge is -2.31. The van der Waals surface area contributed by atoms with Crippen LogP contribution in [0.2, 0.25) is 0 Å². The number of rotatable bonds is 5. The molecule has 29 heavy (non-hydrogen) atoms. The number of benzene rings is 2. The van der Waals surface area contributed by atoms with Crippen LogP contribution in [0.4, 0.5) is 5.69 Å². The fourth-order valence-electron chi connectivity index (χ4n) is 3.00. The number of piperazine rings is 1. The van der Waals surface area contributed by atoms with Crippen molar-refractivity contribution in [3.8, 4) is 0 Å². The van der Waals surface area contributed by atoms with Crippen molar-refractivity contribution >= 4 is 38.9 Å². The number of carbonyl (C=O) groups excluding carboxylic acids is 1. The molecule has 1 heterocycles. The van der Waals surface area contributed by atoms with Gasteiger partial charge in [-0.05, 0) is 49.1 Å². The van der Waals surface area contributed by atoms with Gasteiger partial charge >= 0.3 is 0 Å². The third kappa shape index (κ3) is 5.83. The number of nitrogens with zero attached hydrogens (tertiary/aromatic N) is 2. The second-order valence-corrected chi connectivity index (χ2v) is 9.24. The van der Waals surface area contributed by atoms with Gasteiger partial charge in [0, 0.05) is 31.9 Å². The minimum Gasteiger partial charge on any atom is -0.332 e. The molecule has 1 fully saturated rings. The fraction of sp³-hybridized carbons (Fsp3) is 0.300. The molecule has 1 aliphatic heterocycles. The van der Waals surface area contributed by atoms with Crippen LogP contribution in [-0.2, 0) is 21.2 Å². The fourth-order valence-corrected chi connectivity index (χ4v) is 4.66. The van der Waals surface area contributed by atoms with Gasteiger partial charge in [-0.2, -0.15) is 4.31 Å². The van der Waals surface area contributed by atoms with Crippen molar-refractivity contribution in [3.63, 3.8) is 0 Å². The second-order valence-electron chi connectivity index (χ2n) is 6.90. The van der Waals surface area contributed by atoms with Crippen LogP contribution < -0.4 is 10.6 Å². The SMILES string of the molecule is CN1CCN(S(=O)(=O)c2ccc(NC(=S)NC(=O)Cc3ccccc3)cc2)CC1. The standard InChI is InChI=1S/C20H24N4O3S2/c1-23-11-13-24(14-12-23)29(26,27)18-9-7-17(8-10-18)21-20(28)22-19(25)15-16-5-3-2-4-6-16/h2-10H,11-15H2,1H3,(H2,21,22,25,28). The van der Waals surface area contributed by atoms with Crippen LogP contribution in [-0.4, -0.2) is 61.9 Å². The van der Waals surface area contributed by atoms with Crippen LogP contribution in [0.3, 0.4) is 0 Å². The van der Waals surface area contributed by atoms with E-state index < -0.39 is 10.0 Å². The van der Waals surface area contributed by atoms with E-state index in [0.29, 0.717) is 18.8 Å². The van der Waals surface area contributed by atoms with Gasteiger partial charge in [-0.25, -0.2) is 8.42 Å². The average Bonchev–Trinajstić information content (AvgIpc) is 2.69. The molecule has 2 aromatic carbocycles. The first-order valence-electron chi connectivity index (χ1n) is 9.28. The van der Waals surface area contributed by atoms with Crippen molar-refractivity contribution in [1.29, 1.82) is 0 Å². The summed E-state index contributed by atoms with van der Waals surface area (Å²) >= 11 is 5.17. The molecular weight excluding hydrogens is 408 g/mol. The number of amides is 1. The van der Waals surface area contributed by atoms with E-state index in [1.54, 1.807) is 24.3 Å². The molecule has 2 N–H and O–H groups in total. The van der Waals surface area contributed by atoms with E-state index in [0.717, 1.165) is 18.7 Å².